The minimum atomic E-state index is 0.139. The first-order valence-electron chi connectivity index (χ1n) is 5.45. The minimum Gasteiger partial charge on any atom is -0.379 e. The molecular weight excluding hydrogens is 180 g/mol. The number of amides is 1. The second kappa shape index (κ2) is 6.79. The lowest BCUT2D eigenvalue weighted by molar-refractivity contribution is -0.128. The van der Waals surface area contributed by atoms with Crippen LogP contribution in [-0.4, -0.2) is 37.2 Å². The van der Waals surface area contributed by atoms with E-state index in [-0.39, 0.29) is 5.91 Å². The molecule has 0 atom stereocenters. The molecule has 0 aromatic heterocycles. The zero-order chi connectivity index (χ0) is 10.2. The van der Waals surface area contributed by atoms with Crippen LogP contribution in [0.1, 0.15) is 32.6 Å². The Morgan fingerprint density at radius 1 is 1.36 bits per heavy atom. The third-order valence-corrected chi connectivity index (χ3v) is 2.30. The molecule has 1 aliphatic rings. The number of rotatable bonds is 5. The summed E-state index contributed by atoms with van der Waals surface area (Å²) in [5.41, 5.74) is 2.89. The van der Waals surface area contributed by atoms with E-state index in [1.807, 2.05) is 5.01 Å². The smallest absolute Gasteiger partial charge is 0.234 e. The number of morpholine rings is 1. The Morgan fingerprint density at radius 2 is 2.07 bits per heavy atom. The predicted octanol–water partition coefficient (Wildman–Crippen LogP) is 0.930. The lowest BCUT2D eigenvalue weighted by Crippen LogP contribution is -2.48. The second-order valence-corrected chi connectivity index (χ2v) is 3.59. The molecular formula is C10H20N2O2. The maximum atomic E-state index is 11.4. The van der Waals surface area contributed by atoms with Gasteiger partial charge in [-0.2, -0.15) is 0 Å². The maximum absolute atomic E-state index is 11.4. The fourth-order valence-corrected chi connectivity index (χ4v) is 1.44. The molecule has 1 saturated heterocycles. The summed E-state index contributed by atoms with van der Waals surface area (Å²) in [5.74, 6) is 0.139. The summed E-state index contributed by atoms with van der Waals surface area (Å²) in [5, 5.41) is 1.94. The Bertz CT molecular complexity index is 168. The van der Waals surface area contributed by atoms with Gasteiger partial charge in [-0.05, 0) is 6.42 Å². The highest BCUT2D eigenvalue weighted by Gasteiger charge is 2.12. The fraction of sp³-hybridized carbons (Fsp3) is 0.900. The van der Waals surface area contributed by atoms with Crippen molar-refractivity contribution >= 4 is 5.91 Å². The Hall–Kier alpha value is -0.610. The van der Waals surface area contributed by atoms with Crippen molar-refractivity contribution < 1.29 is 9.53 Å². The van der Waals surface area contributed by atoms with Gasteiger partial charge in [-0.25, -0.2) is 5.01 Å². The van der Waals surface area contributed by atoms with Gasteiger partial charge in [0.15, 0.2) is 0 Å². The standard InChI is InChI=1S/C10H20N2O2/c1-2-3-4-5-10(13)11-12-6-8-14-9-7-12/h2-9H2,1H3,(H,11,13). The zero-order valence-corrected chi connectivity index (χ0v) is 8.92. The molecule has 14 heavy (non-hydrogen) atoms. The van der Waals surface area contributed by atoms with Gasteiger partial charge in [0.1, 0.15) is 0 Å². The number of hydrazine groups is 1. The Kier molecular flexibility index (Phi) is 5.56. The van der Waals surface area contributed by atoms with Crippen LogP contribution in [-0.2, 0) is 9.53 Å². The summed E-state index contributed by atoms with van der Waals surface area (Å²) >= 11 is 0. The van der Waals surface area contributed by atoms with E-state index in [0.717, 1.165) is 45.6 Å². The molecule has 0 aromatic carbocycles. The third kappa shape index (κ3) is 4.58. The lowest BCUT2D eigenvalue weighted by atomic mass is 10.2. The van der Waals surface area contributed by atoms with E-state index >= 15 is 0 Å². The average Bonchev–Trinajstić information content (AvgIpc) is 2.20. The molecule has 0 bridgehead atoms. The van der Waals surface area contributed by atoms with Crippen LogP contribution >= 0.6 is 0 Å². The van der Waals surface area contributed by atoms with Gasteiger partial charge >= 0.3 is 0 Å². The van der Waals surface area contributed by atoms with Crippen molar-refractivity contribution in [3.63, 3.8) is 0 Å². The van der Waals surface area contributed by atoms with Crippen LogP contribution in [0.2, 0.25) is 0 Å². The van der Waals surface area contributed by atoms with E-state index in [0.29, 0.717) is 6.42 Å². The summed E-state index contributed by atoms with van der Waals surface area (Å²) in [7, 11) is 0. The van der Waals surface area contributed by atoms with Crippen LogP contribution in [0.3, 0.4) is 0 Å². The normalized spacial score (nSPS) is 18.1. The molecule has 0 saturated carbocycles. The van der Waals surface area contributed by atoms with Gasteiger partial charge in [-0.1, -0.05) is 19.8 Å². The van der Waals surface area contributed by atoms with Crippen LogP contribution < -0.4 is 5.43 Å². The summed E-state index contributed by atoms with van der Waals surface area (Å²) in [6, 6.07) is 0. The Balaban J connectivity index is 2.06. The summed E-state index contributed by atoms with van der Waals surface area (Å²) in [6.45, 7) is 5.18. The minimum absolute atomic E-state index is 0.139. The number of unbranched alkanes of at least 4 members (excludes halogenated alkanes) is 2. The quantitative estimate of drug-likeness (QED) is 0.671. The highest BCUT2D eigenvalue weighted by molar-refractivity contribution is 5.75. The van der Waals surface area contributed by atoms with Crippen molar-refractivity contribution in [3.8, 4) is 0 Å². The molecule has 0 spiro atoms. The molecule has 1 fully saturated rings. The molecule has 4 heteroatoms. The van der Waals surface area contributed by atoms with Crippen LogP contribution in [0.25, 0.3) is 0 Å². The Morgan fingerprint density at radius 3 is 2.71 bits per heavy atom. The van der Waals surface area contributed by atoms with Crippen molar-refractivity contribution in [2.75, 3.05) is 26.3 Å². The molecule has 1 amide bonds. The molecule has 1 aliphatic heterocycles. The number of nitrogens with zero attached hydrogens (tertiary/aromatic N) is 1. The van der Waals surface area contributed by atoms with E-state index in [1.54, 1.807) is 0 Å². The predicted molar refractivity (Wildman–Crippen MR) is 54.7 cm³/mol. The number of hydrogen-bond acceptors (Lipinski definition) is 3. The van der Waals surface area contributed by atoms with Crippen LogP contribution in [0.5, 0.6) is 0 Å². The first-order valence-corrected chi connectivity index (χ1v) is 5.45. The van der Waals surface area contributed by atoms with Crippen molar-refractivity contribution in [1.82, 2.24) is 10.4 Å². The molecule has 1 N–H and O–H groups in total. The summed E-state index contributed by atoms with van der Waals surface area (Å²) in [4.78, 5) is 11.4. The first kappa shape index (κ1) is 11.5. The van der Waals surface area contributed by atoms with Gasteiger partial charge in [0.2, 0.25) is 5.91 Å². The molecule has 82 valence electrons. The Labute approximate surface area is 85.6 Å². The second-order valence-electron chi connectivity index (χ2n) is 3.59. The number of carbonyl (C=O) groups is 1. The van der Waals surface area contributed by atoms with Crippen molar-refractivity contribution in [3.05, 3.63) is 0 Å². The first-order chi connectivity index (χ1) is 6.83. The zero-order valence-electron chi connectivity index (χ0n) is 8.92. The monoisotopic (exact) mass is 200 g/mol. The van der Waals surface area contributed by atoms with Crippen LogP contribution in [0.15, 0.2) is 0 Å². The number of carbonyl (C=O) groups excluding carboxylic acids is 1. The summed E-state index contributed by atoms with van der Waals surface area (Å²) in [6.07, 6.45) is 3.93. The maximum Gasteiger partial charge on any atom is 0.234 e. The molecule has 0 unspecified atom stereocenters. The van der Waals surface area contributed by atoms with Crippen molar-refractivity contribution in [2.24, 2.45) is 0 Å². The fourth-order valence-electron chi connectivity index (χ4n) is 1.44. The van der Waals surface area contributed by atoms with E-state index in [4.69, 9.17) is 4.74 Å². The topological polar surface area (TPSA) is 41.6 Å². The molecule has 0 aliphatic carbocycles. The van der Waals surface area contributed by atoms with Crippen molar-refractivity contribution in [2.45, 2.75) is 32.6 Å². The average molecular weight is 200 g/mol. The van der Waals surface area contributed by atoms with E-state index in [2.05, 4.69) is 12.3 Å². The number of hydrogen-bond donors (Lipinski definition) is 1. The number of nitrogens with one attached hydrogen (secondary N) is 1. The molecule has 1 rings (SSSR count). The van der Waals surface area contributed by atoms with E-state index in [9.17, 15) is 4.79 Å². The van der Waals surface area contributed by atoms with Crippen LogP contribution in [0, 0.1) is 0 Å². The van der Waals surface area contributed by atoms with Gasteiger partial charge in [-0.3, -0.25) is 10.2 Å². The van der Waals surface area contributed by atoms with Crippen molar-refractivity contribution in [1.29, 1.82) is 0 Å². The van der Waals surface area contributed by atoms with Gasteiger partial charge in [0.05, 0.1) is 13.2 Å². The van der Waals surface area contributed by atoms with E-state index < -0.39 is 0 Å². The SMILES string of the molecule is CCCCCC(=O)NN1CCOCC1. The summed E-state index contributed by atoms with van der Waals surface area (Å²) < 4.78 is 5.19. The van der Waals surface area contributed by atoms with E-state index in [1.165, 1.54) is 0 Å². The van der Waals surface area contributed by atoms with Gasteiger partial charge in [-0.15, -0.1) is 0 Å². The lowest BCUT2D eigenvalue weighted by Gasteiger charge is -2.26. The molecule has 1 heterocycles. The molecule has 0 aromatic rings. The van der Waals surface area contributed by atoms with Gasteiger partial charge in [0.25, 0.3) is 0 Å². The largest absolute Gasteiger partial charge is 0.379 e. The highest BCUT2D eigenvalue weighted by Crippen LogP contribution is 1.99. The van der Waals surface area contributed by atoms with Gasteiger partial charge < -0.3 is 4.74 Å². The molecule has 4 nitrogen and oxygen atoms in total. The third-order valence-electron chi connectivity index (χ3n) is 2.30. The van der Waals surface area contributed by atoms with Gasteiger partial charge in [0, 0.05) is 19.5 Å². The molecule has 0 radical (unpaired) electrons. The number of ether oxygens (including phenoxy) is 1. The highest BCUT2D eigenvalue weighted by atomic mass is 16.5. The van der Waals surface area contributed by atoms with Crippen LogP contribution in [0.4, 0.5) is 0 Å².